The highest BCUT2D eigenvalue weighted by Crippen LogP contribution is 2.21. The van der Waals surface area contributed by atoms with Gasteiger partial charge in [-0.25, -0.2) is 0 Å². The minimum Gasteiger partial charge on any atom is -0.476 e. The molecule has 1 amide bonds. The maximum atomic E-state index is 12.5. The Morgan fingerprint density at radius 3 is 2.26 bits per heavy atom. The van der Waals surface area contributed by atoms with Crippen molar-refractivity contribution in [3.05, 3.63) is 66.2 Å². The fourth-order valence-electron chi connectivity index (χ4n) is 2.24. The predicted octanol–water partition coefficient (Wildman–Crippen LogP) is 2.87. The lowest BCUT2D eigenvalue weighted by atomic mass is 10.1. The summed E-state index contributed by atoms with van der Waals surface area (Å²) in [4.78, 5) is 14.6. The van der Waals surface area contributed by atoms with Gasteiger partial charge in [0.15, 0.2) is 0 Å². The molecule has 1 atom stereocenters. The molecule has 0 fully saturated rings. The summed E-state index contributed by atoms with van der Waals surface area (Å²) in [5.41, 5.74) is 0.849. The van der Waals surface area contributed by atoms with Crippen LogP contribution >= 0.6 is 0 Å². The minimum atomic E-state index is -0.641. The zero-order valence-corrected chi connectivity index (χ0v) is 13.7. The van der Waals surface area contributed by atoms with Gasteiger partial charge in [0.25, 0.3) is 5.91 Å². The number of carbonyl (C=O) groups is 1. The van der Waals surface area contributed by atoms with Crippen molar-refractivity contribution in [3.63, 3.8) is 0 Å². The van der Waals surface area contributed by atoms with Crippen LogP contribution in [0, 0.1) is 0 Å². The van der Waals surface area contributed by atoms with Crippen LogP contribution in [0.15, 0.2) is 60.7 Å². The summed E-state index contributed by atoms with van der Waals surface area (Å²) >= 11 is 0. The highest BCUT2D eigenvalue weighted by molar-refractivity contribution is 5.82. The highest BCUT2D eigenvalue weighted by Gasteiger charge is 2.22. The topological polar surface area (TPSA) is 41.6 Å². The second-order valence-electron chi connectivity index (χ2n) is 5.67. The third-order valence-corrected chi connectivity index (χ3v) is 3.42. The summed E-state index contributed by atoms with van der Waals surface area (Å²) in [5.74, 6) is 0.573. The number of carbonyl (C=O) groups excluding carboxylic acids is 1. The molecule has 23 heavy (non-hydrogen) atoms. The standard InChI is InChI=1S/C19H24N2O2/c1-21(2)15-9-14-20-19(22)18(16-10-5-3-6-11-16)23-17-12-7-4-8-13-17/h3-8,10-13,18H,9,14-15H2,1-2H3,(H,20,22)/t18-/m1/s1. The summed E-state index contributed by atoms with van der Waals surface area (Å²) in [5, 5.41) is 2.97. The second kappa shape index (κ2) is 8.96. The Hall–Kier alpha value is -2.33. The Bertz CT molecular complexity index is 585. The van der Waals surface area contributed by atoms with Crippen molar-refractivity contribution in [1.82, 2.24) is 10.2 Å². The summed E-state index contributed by atoms with van der Waals surface area (Å²) in [6.07, 6.45) is 0.268. The van der Waals surface area contributed by atoms with E-state index in [2.05, 4.69) is 10.2 Å². The van der Waals surface area contributed by atoms with Crippen LogP contribution in [-0.4, -0.2) is 38.0 Å². The van der Waals surface area contributed by atoms with E-state index < -0.39 is 6.10 Å². The van der Waals surface area contributed by atoms with Gasteiger partial charge < -0.3 is 15.0 Å². The summed E-state index contributed by atoms with van der Waals surface area (Å²) in [6.45, 7) is 1.58. The van der Waals surface area contributed by atoms with Gasteiger partial charge in [0.2, 0.25) is 6.10 Å². The lowest BCUT2D eigenvalue weighted by molar-refractivity contribution is -0.128. The molecular formula is C19H24N2O2. The SMILES string of the molecule is CN(C)CCCNC(=O)[C@H](Oc1ccccc1)c1ccccc1. The molecule has 2 rings (SSSR count). The van der Waals surface area contributed by atoms with Crippen molar-refractivity contribution in [3.8, 4) is 5.75 Å². The molecule has 0 aliphatic heterocycles. The number of para-hydroxylation sites is 1. The first-order valence-corrected chi connectivity index (χ1v) is 7.86. The molecule has 4 nitrogen and oxygen atoms in total. The molecule has 4 heteroatoms. The fraction of sp³-hybridized carbons (Fsp3) is 0.316. The summed E-state index contributed by atoms with van der Waals surface area (Å²) in [6, 6.07) is 19.0. The van der Waals surface area contributed by atoms with E-state index in [1.807, 2.05) is 74.8 Å². The van der Waals surface area contributed by atoms with Crippen molar-refractivity contribution >= 4 is 5.91 Å². The van der Waals surface area contributed by atoms with Crippen molar-refractivity contribution < 1.29 is 9.53 Å². The maximum absolute atomic E-state index is 12.5. The van der Waals surface area contributed by atoms with Gasteiger partial charge in [-0.2, -0.15) is 0 Å². The van der Waals surface area contributed by atoms with E-state index in [9.17, 15) is 4.79 Å². The number of nitrogens with zero attached hydrogens (tertiary/aromatic N) is 1. The van der Waals surface area contributed by atoms with Crippen LogP contribution in [0.2, 0.25) is 0 Å². The molecule has 0 bridgehead atoms. The second-order valence-corrected chi connectivity index (χ2v) is 5.67. The fourth-order valence-corrected chi connectivity index (χ4v) is 2.24. The maximum Gasteiger partial charge on any atom is 0.265 e. The van der Waals surface area contributed by atoms with E-state index in [1.165, 1.54) is 0 Å². The molecule has 0 saturated heterocycles. The van der Waals surface area contributed by atoms with Crippen molar-refractivity contribution in [2.24, 2.45) is 0 Å². The van der Waals surface area contributed by atoms with E-state index in [1.54, 1.807) is 0 Å². The Morgan fingerprint density at radius 1 is 1.04 bits per heavy atom. The van der Waals surface area contributed by atoms with Crippen LogP contribution in [0.25, 0.3) is 0 Å². The van der Waals surface area contributed by atoms with Crippen LogP contribution < -0.4 is 10.1 Å². The molecule has 2 aromatic carbocycles. The molecule has 1 N–H and O–H groups in total. The third kappa shape index (κ3) is 5.75. The van der Waals surface area contributed by atoms with Crippen LogP contribution in [-0.2, 0) is 4.79 Å². The Kier molecular flexibility index (Phi) is 6.63. The summed E-state index contributed by atoms with van der Waals surface area (Å²) < 4.78 is 5.92. The minimum absolute atomic E-state index is 0.112. The van der Waals surface area contributed by atoms with Crippen LogP contribution in [0.1, 0.15) is 18.1 Å². The van der Waals surface area contributed by atoms with Gasteiger partial charge in [-0.1, -0.05) is 48.5 Å². The van der Waals surface area contributed by atoms with Crippen molar-refractivity contribution in [2.75, 3.05) is 27.2 Å². The molecule has 0 aliphatic rings. The molecule has 122 valence electrons. The summed E-state index contributed by atoms with van der Waals surface area (Å²) in [7, 11) is 4.04. The van der Waals surface area contributed by atoms with Crippen LogP contribution in [0.5, 0.6) is 5.75 Å². The first-order valence-electron chi connectivity index (χ1n) is 7.86. The van der Waals surface area contributed by atoms with Gasteiger partial charge in [0.1, 0.15) is 5.75 Å². The van der Waals surface area contributed by atoms with E-state index in [0.29, 0.717) is 12.3 Å². The lowest BCUT2D eigenvalue weighted by Gasteiger charge is -2.19. The lowest BCUT2D eigenvalue weighted by Crippen LogP contribution is -2.34. The van der Waals surface area contributed by atoms with Gasteiger partial charge in [-0.05, 0) is 39.2 Å². The monoisotopic (exact) mass is 312 g/mol. The molecule has 2 aromatic rings. The normalized spacial score (nSPS) is 12.0. The van der Waals surface area contributed by atoms with Crippen LogP contribution in [0.4, 0.5) is 0 Å². The van der Waals surface area contributed by atoms with Gasteiger partial charge in [0.05, 0.1) is 0 Å². The van der Waals surface area contributed by atoms with E-state index >= 15 is 0 Å². The van der Waals surface area contributed by atoms with Gasteiger partial charge >= 0.3 is 0 Å². The van der Waals surface area contributed by atoms with E-state index in [0.717, 1.165) is 18.5 Å². The molecule has 0 aromatic heterocycles. The highest BCUT2D eigenvalue weighted by atomic mass is 16.5. The molecule has 0 aliphatic carbocycles. The number of hydrogen-bond acceptors (Lipinski definition) is 3. The molecule has 0 radical (unpaired) electrons. The first kappa shape index (κ1) is 17.0. The van der Waals surface area contributed by atoms with Gasteiger partial charge in [-0.3, -0.25) is 4.79 Å². The predicted molar refractivity (Wildman–Crippen MR) is 92.4 cm³/mol. The first-order chi connectivity index (χ1) is 11.2. The third-order valence-electron chi connectivity index (χ3n) is 3.42. The van der Waals surface area contributed by atoms with Crippen molar-refractivity contribution in [1.29, 1.82) is 0 Å². The Balaban J connectivity index is 2.03. The molecule has 0 spiro atoms. The zero-order chi connectivity index (χ0) is 16.5. The quantitative estimate of drug-likeness (QED) is 0.762. The van der Waals surface area contributed by atoms with Gasteiger partial charge in [-0.15, -0.1) is 0 Å². The van der Waals surface area contributed by atoms with Crippen LogP contribution in [0.3, 0.4) is 0 Å². The van der Waals surface area contributed by atoms with Gasteiger partial charge in [0, 0.05) is 12.1 Å². The number of benzene rings is 2. The molecular weight excluding hydrogens is 288 g/mol. The number of nitrogens with one attached hydrogen (secondary N) is 1. The molecule has 0 unspecified atom stereocenters. The zero-order valence-electron chi connectivity index (χ0n) is 13.7. The smallest absolute Gasteiger partial charge is 0.265 e. The average molecular weight is 312 g/mol. The largest absolute Gasteiger partial charge is 0.476 e. The number of rotatable bonds is 8. The van der Waals surface area contributed by atoms with E-state index in [4.69, 9.17) is 4.74 Å². The average Bonchev–Trinajstić information content (AvgIpc) is 2.58. The number of amides is 1. The number of ether oxygens (including phenoxy) is 1. The molecule has 0 heterocycles. The number of hydrogen-bond donors (Lipinski definition) is 1. The van der Waals surface area contributed by atoms with E-state index in [-0.39, 0.29) is 5.91 Å². The molecule has 0 saturated carbocycles. The Morgan fingerprint density at radius 2 is 1.65 bits per heavy atom. The Labute approximate surface area is 138 Å². The van der Waals surface area contributed by atoms with Crippen molar-refractivity contribution in [2.45, 2.75) is 12.5 Å².